The lowest BCUT2D eigenvalue weighted by atomic mass is 9.79. The molecule has 1 saturated carbocycles. The normalized spacial score (nSPS) is 17.9. The number of carbonyl (C=O) groups excluding carboxylic acids is 1. The molecule has 2 aliphatic heterocycles. The second-order valence-corrected chi connectivity index (χ2v) is 9.15. The number of ether oxygens (including phenoxy) is 3. The maximum absolute atomic E-state index is 13.4. The number of hydrogen-bond donors (Lipinski definition) is 1. The molecule has 0 radical (unpaired) electrons. The minimum absolute atomic E-state index is 0.00473. The van der Waals surface area contributed by atoms with Crippen molar-refractivity contribution < 1.29 is 19.0 Å². The van der Waals surface area contributed by atoms with E-state index in [1.807, 2.05) is 26.0 Å². The molecule has 0 bridgehead atoms. The van der Waals surface area contributed by atoms with Crippen molar-refractivity contribution in [2.45, 2.75) is 45.4 Å². The van der Waals surface area contributed by atoms with Gasteiger partial charge in [0.15, 0.2) is 0 Å². The number of benzene rings is 1. The average molecular weight is 471 g/mol. The van der Waals surface area contributed by atoms with E-state index in [1.54, 1.807) is 12.3 Å². The van der Waals surface area contributed by atoms with Crippen LogP contribution in [0.2, 0.25) is 0 Å². The Bertz CT molecular complexity index is 1310. The van der Waals surface area contributed by atoms with Crippen LogP contribution in [-0.2, 0) is 16.0 Å². The van der Waals surface area contributed by atoms with Crippen molar-refractivity contribution in [3.63, 3.8) is 0 Å². The van der Waals surface area contributed by atoms with Crippen molar-refractivity contribution >= 4 is 11.7 Å². The molecule has 35 heavy (non-hydrogen) atoms. The predicted molar refractivity (Wildman–Crippen MR) is 127 cm³/mol. The minimum atomic E-state index is -0.568. The molecule has 0 saturated heterocycles. The topological polar surface area (TPSA) is 117 Å². The highest BCUT2D eigenvalue weighted by molar-refractivity contribution is 5.95. The zero-order valence-electron chi connectivity index (χ0n) is 19.8. The van der Waals surface area contributed by atoms with E-state index in [2.05, 4.69) is 16.4 Å². The Morgan fingerprint density at radius 1 is 1.29 bits per heavy atom. The summed E-state index contributed by atoms with van der Waals surface area (Å²) >= 11 is 0. The molecule has 1 aromatic heterocycles. The number of hydrogen-bond acceptors (Lipinski definition) is 8. The van der Waals surface area contributed by atoms with Gasteiger partial charge in [0.05, 0.1) is 60.1 Å². The standard InChI is InChI=1S/C27H26N4O4/c1-15-13-30-26(35-14-17-4-5-17)23-22(20-7-6-18(12-29)19-8-11-33-25(19)20)21(16(2)31-24(15)23)27(32)34-10-3-9-28/h6-7,13,17,22,31H,3-5,8,10-11,14H2,1-2H3. The number of nitrogens with one attached hydrogen (secondary N) is 1. The molecule has 3 heterocycles. The second-order valence-electron chi connectivity index (χ2n) is 9.15. The Balaban J connectivity index is 1.69. The van der Waals surface area contributed by atoms with Gasteiger partial charge in [-0.2, -0.15) is 10.5 Å². The molecule has 3 aliphatic rings. The molecule has 178 valence electrons. The molecule has 1 fully saturated rings. The van der Waals surface area contributed by atoms with E-state index in [0.29, 0.717) is 54.0 Å². The molecule has 2 aromatic rings. The Hall–Kier alpha value is -4.04. The van der Waals surface area contributed by atoms with Crippen LogP contribution < -0.4 is 14.8 Å². The van der Waals surface area contributed by atoms with Crippen LogP contribution in [0.1, 0.15) is 59.9 Å². The van der Waals surface area contributed by atoms with Crippen LogP contribution in [-0.4, -0.2) is 30.8 Å². The zero-order valence-corrected chi connectivity index (χ0v) is 19.8. The molecule has 1 unspecified atom stereocenters. The van der Waals surface area contributed by atoms with Gasteiger partial charge >= 0.3 is 5.97 Å². The average Bonchev–Trinajstić information content (AvgIpc) is 3.55. The summed E-state index contributed by atoms with van der Waals surface area (Å²) in [6.07, 6.45) is 4.79. The van der Waals surface area contributed by atoms with Gasteiger partial charge in [-0.05, 0) is 44.2 Å². The molecule has 0 spiro atoms. The fourth-order valence-corrected chi connectivity index (χ4v) is 4.76. The number of esters is 1. The van der Waals surface area contributed by atoms with Crippen LogP contribution in [0.4, 0.5) is 5.69 Å². The molecular formula is C27H26N4O4. The van der Waals surface area contributed by atoms with Crippen molar-refractivity contribution in [1.82, 2.24) is 4.98 Å². The largest absolute Gasteiger partial charge is 0.493 e. The van der Waals surface area contributed by atoms with Crippen LogP contribution in [0.5, 0.6) is 11.6 Å². The highest BCUT2D eigenvalue weighted by atomic mass is 16.5. The van der Waals surface area contributed by atoms with Crippen LogP contribution in [0.15, 0.2) is 29.6 Å². The van der Waals surface area contributed by atoms with Gasteiger partial charge in [-0.25, -0.2) is 9.78 Å². The van der Waals surface area contributed by atoms with Crippen molar-refractivity contribution in [2.75, 3.05) is 25.1 Å². The highest BCUT2D eigenvalue weighted by Gasteiger charge is 2.40. The number of aryl methyl sites for hydroxylation is 1. The summed E-state index contributed by atoms with van der Waals surface area (Å²) in [5.74, 6) is 0.556. The summed E-state index contributed by atoms with van der Waals surface area (Å²) in [4.78, 5) is 18.0. The zero-order chi connectivity index (χ0) is 24.5. The first-order valence-corrected chi connectivity index (χ1v) is 11.9. The highest BCUT2D eigenvalue weighted by Crippen LogP contribution is 2.51. The number of anilines is 1. The lowest BCUT2D eigenvalue weighted by Crippen LogP contribution is -2.26. The summed E-state index contributed by atoms with van der Waals surface area (Å²) < 4.78 is 17.7. The van der Waals surface area contributed by atoms with Gasteiger partial charge in [0.1, 0.15) is 12.4 Å². The van der Waals surface area contributed by atoms with E-state index < -0.39 is 11.9 Å². The molecule has 8 nitrogen and oxygen atoms in total. The third-order valence-corrected chi connectivity index (χ3v) is 6.70. The lowest BCUT2D eigenvalue weighted by Gasteiger charge is -2.32. The van der Waals surface area contributed by atoms with Crippen molar-refractivity contribution in [3.8, 4) is 23.8 Å². The van der Waals surface area contributed by atoms with Gasteiger partial charge in [-0.15, -0.1) is 0 Å². The monoisotopic (exact) mass is 470 g/mol. The predicted octanol–water partition coefficient (Wildman–Crippen LogP) is 4.27. The summed E-state index contributed by atoms with van der Waals surface area (Å²) in [5, 5.41) is 21.9. The lowest BCUT2D eigenvalue weighted by molar-refractivity contribution is -0.139. The van der Waals surface area contributed by atoms with E-state index in [0.717, 1.165) is 40.8 Å². The van der Waals surface area contributed by atoms with Gasteiger partial charge in [0.25, 0.3) is 0 Å². The molecule has 1 aromatic carbocycles. The number of nitrogens with zero attached hydrogens (tertiary/aromatic N) is 3. The molecule has 5 rings (SSSR count). The maximum atomic E-state index is 13.4. The third kappa shape index (κ3) is 4.17. The Kier molecular flexibility index (Phi) is 6.05. The molecule has 0 amide bonds. The van der Waals surface area contributed by atoms with Gasteiger partial charge < -0.3 is 19.5 Å². The van der Waals surface area contributed by atoms with Crippen molar-refractivity contribution in [3.05, 3.63) is 57.4 Å². The van der Waals surface area contributed by atoms with Crippen molar-refractivity contribution in [1.29, 1.82) is 10.5 Å². The van der Waals surface area contributed by atoms with E-state index in [-0.39, 0.29) is 13.0 Å². The number of fused-ring (bicyclic) bond motifs is 2. The number of aromatic nitrogens is 1. The SMILES string of the molecule is CC1=C(C(=O)OCCC#N)C(c2ccc(C#N)c3c2OCC3)c2c(OCC3CC3)ncc(C)c2N1. The first-order valence-electron chi connectivity index (χ1n) is 11.9. The number of pyridine rings is 1. The number of nitriles is 2. The van der Waals surface area contributed by atoms with Crippen LogP contribution in [0.3, 0.4) is 0 Å². The fourth-order valence-electron chi connectivity index (χ4n) is 4.76. The van der Waals surface area contributed by atoms with Gasteiger partial charge in [-0.3, -0.25) is 0 Å². The first kappa shape index (κ1) is 22.7. The van der Waals surface area contributed by atoms with Crippen LogP contribution in [0.25, 0.3) is 0 Å². The summed E-state index contributed by atoms with van der Waals surface area (Å²) in [5.41, 5.74) is 5.79. The number of rotatable bonds is 7. The van der Waals surface area contributed by atoms with Gasteiger partial charge in [0.2, 0.25) is 5.88 Å². The molecular weight excluding hydrogens is 444 g/mol. The van der Waals surface area contributed by atoms with Gasteiger partial charge in [-0.1, -0.05) is 6.07 Å². The first-order chi connectivity index (χ1) is 17.0. The summed E-state index contributed by atoms with van der Waals surface area (Å²) in [6, 6.07) is 7.89. The van der Waals surface area contributed by atoms with Gasteiger partial charge in [0, 0.05) is 29.4 Å². The van der Waals surface area contributed by atoms with E-state index in [9.17, 15) is 10.1 Å². The Morgan fingerprint density at radius 2 is 2.11 bits per heavy atom. The molecule has 1 N–H and O–H groups in total. The van der Waals surface area contributed by atoms with Crippen LogP contribution in [0, 0.1) is 35.5 Å². The van der Waals surface area contributed by atoms with E-state index in [1.165, 1.54) is 0 Å². The minimum Gasteiger partial charge on any atom is -0.493 e. The summed E-state index contributed by atoms with van der Waals surface area (Å²) in [6.45, 7) is 4.85. The summed E-state index contributed by atoms with van der Waals surface area (Å²) in [7, 11) is 0. The maximum Gasteiger partial charge on any atom is 0.336 e. The quantitative estimate of drug-likeness (QED) is 0.471. The Morgan fingerprint density at radius 3 is 2.86 bits per heavy atom. The van der Waals surface area contributed by atoms with E-state index >= 15 is 0 Å². The van der Waals surface area contributed by atoms with Crippen molar-refractivity contribution in [2.24, 2.45) is 5.92 Å². The Labute approximate surface area is 204 Å². The van der Waals surface area contributed by atoms with E-state index in [4.69, 9.17) is 19.5 Å². The molecule has 1 aliphatic carbocycles. The van der Waals surface area contributed by atoms with Crippen LogP contribution >= 0.6 is 0 Å². The smallest absolute Gasteiger partial charge is 0.336 e. The third-order valence-electron chi connectivity index (χ3n) is 6.70. The molecule has 8 heteroatoms. The second kappa shape index (κ2) is 9.31. The number of allylic oxidation sites excluding steroid dienone is 1. The fraction of sp³-hybridized carbons (Fsp3) is 0.407. The number of carbonyl (C=O) groups is 1. The molecule has 1 atom stereocenters.